The molecule has 5 rings (SSSR count). The molecule has 0 aliphatic heterocycles. The number of aliphatic hydroxyl groups is 2. The molecule has 2 saturated carbocycles. The highest BCUT2D eigenvalue weighted by atomic mass is 31.2. The Labute approximate surface area is 214 Å². The van der Waals surface area contributed by atoms with E-state index in [1.807, 2.05) is 0 Å². The molecule has 3 aromatic heterocycles. The Balaban J connectivity index is 1.22. The Hall–Kier alpha value is -3.14. The van der Waals surface area contributed by atoms with E-state index >= 15 is 0 Å². The molecule has 2 aliphatic rings. The number of aliphatic hydroxyl groups excluding tert-OH is 2. The van der Waals surface area contributed by atoms with Crippen molar-refractivity contribution in [3.63, 3.8) is 0 Å². The van der Waals surface area contributed by atoms with Gasteiger partial charge < -0.3 is 31.1 Å². The fourth-order valence-electron chi connectivity index (χ4n) is 5.39. The van der Waals surface area contributed by atoms with Crippen molar-refractivity contribution in [1.82, 2.24) is 29.1 Å². The number of hydrogen-bond acceptors (Lipinski definition) is 12. The van der Waals surface area contributed by atoms with Gasteiger partial charge in [0.05, 0.1) is 25.1 Å². The molecule has 0 radical (unpaired) electrons. The van der Waals surface area contributed by atoms with Gasteiger partial charge in [0, 0.05) is 36.7 Å². The summed E-state index contributed by atoms with van der Waals surface area (Å²) >= 11 is 0. The lowest BCUT2D eigenvalue weighted by Crippen LogP contribution is -2.26. The zero-order chi connectivity index (χ0) is 27.2. The Morgan fingerprint density at radius 1 is 1.11 bits per heavy atom. The summed E-state index contributed by atoms with van der Waals surface area (Å²) in [6.07, 6.45) is 2.38. The number of nitrogens with two attached hydrogens (primary N) is 2. The Morgan fingerprint density at radius 3 is 2.58 bits per heavy atom. The molecule has 0 saturated heterocycles. The third-order valence-electron chi connectivity index (χ3n) is 7.28. The van der Waals surface area contributed by atoms with Crippen molar-refractivity contribution in [2.24, 2.45) is 11.8 Å². The van der Waals surface area contributed by atoms with Crippen LogP contribution in [0.15, 0.2) is 28.2 Å². The molecule has 38 heavy (non-hydrogen) atoms. The first-order valence-corrected chi connectivity index (χ1v) is 13.6. The van der Waals surface area contributed by atoms with E-state index in [2.05, 4.69) is 19.9 Å². The number of imidazole rings is 1. The van der Waals surface area contributed by atoms with Gasteiger partial charge in [-0.25, -0.2) is 14.3 Å². The molecule has 7 atom stereocenters. The molecule has 3 heterocycles. The fourth-order valence-corrected chi connectivity index (χ4v) is 6.43. The van der Waals surface area contributed by atoms with Gasteiger partial charge in [-0.1, -0.05) is 0 Å². The molecule has 16 nitrogen and oxygen atoms in total. The predicted octanol–water partition coefficient (Wildman–Crippen LogP) is -0.701. The number of nitrogen functional groups attached to an aromatic ring is 2. The van der Waals surface area contributed by atoms with E-state index in [9.17, 15) is 29.3 Å². The average molecular weight is 552 g/mol. The SMILES string of the molecule is Nc1ccn([C@@H]2C[C@H](CO)[C@@H](OP(=O)(O)OC[C@H]3C[C@@H](n4cnc5c(=O)[nH]c(N)nc54)C[C@@H]3O)C2)c(=O)n1. The Bertz CT molecular complexity index is 1490. The number of fused-ring (bicyclic) bond motifs is 1. The Kier molecular flexibility index (Phi) is 7.11. The maximum absolute atomic E-state index is 12.8. The van der Waals surface area contributed by atoms with Crippen molar-refractivity contribution in [3.05, 3.63) is 39.4 Å². The topological polar surface area (TPSA) is 247 Å². The van der Waals surface area contributed by atoms with E-state index in [4.69, 9.17) is 20.5 Å². The first kappa shape index (κ1) is 26.5. The molecule has 2 aliphatic carbocycles. The highest BCUT2D eigenvalue weighted by Crippen LogP contribution is 2.51. The maximum Gasteiger partial charge on any atom is 0.472 e. The predicted molar refractivity (Wildman–Crippen MR) is 133 cm³/mol. The third-order valence-corrected chi connectivity index (χ3v) is 8.29. The molecule has 206 valence electrons. The standard InChI is InChI=1S/C21H29N8O8P/c22-16-1-2-28(21(33)25-16)13-3-10(7-30)15(6-13)37-38(34,35)36-8-11-4-12(5-14(11)31)29-9-24-17-18(29)26-20(23)27-19(17)32/h1-2,9-15,30-31H,3-8H2,(H,34,35)(H2,22,25,33)(H3,23,26,27,32)/t10-,11-,12-,13-,14+,15+/m1/s1. The van der Waals surface area contributed by atoms with Crippen LogP contribution >= 0.6 is 7.82 Å². The van der Waals surface area contributed by atoms with Gasteiger partial charge in [0.1, 0.15) is 5.82 Å². The lowest BCUT2D eigenvalue weighted by atomic mass is 10.1. The van der Waals surface area contributed by atoms with Crippen molar-refractivity contribution < 1.29 is 28.7 Å². The number of anilines is 2. The number of rotatable bonds is 8. The van der Waals surface area contributed by atoms with Crippen LogP contribution in [0.25, 0.3) is 11.2 Å². The molecular formula is C21H29N8O8P. The summed E-state index contributed by atoms with van der Waals surface area (Å²) in [5, 5.41) is 20.4. The largest absolute Gasteiger partial charge is 0.472 e. The van der Waals surface area contributed by atoms with E-state index in [-0.39, 0.29) is 55.0 Å². The van der Waals surface area contributed by atoms with E-state index in [0.717, 1.165) is 0 Å². The quantitative estimate of drug-likeness (QED) is 0.189. The van der Waals surface area contributed by atoms with Gasteiger partial charge in [0.2, 0.25) is 5.95 Å². The number of hydrogen-bond donors (Lipinski definition) is 6. The molecule has 0 aromatic carbocycles. The van der Waals surface area contributed by atoms with Gasteiger partial charge in [-0.2, -0.15) is 9.97 Å². The van der Waals surface area contributed by atoms with Crippen LogP contribution in [-0.2, 0) is 13.6 Å². The van der Waals surface area contributed by atoms with Gasteiger partial charge in [-0.3, -0.25) is 23.4 Å². The van der Waals surface area contributed by atoms with Crippen molar-refractivity contribution in [3.8, 4) is 0 Å². The maximum atomic E-state index is 12.8. The van der Waals surface area contributed by atoms with Crippen LogP contribution in [0.5, 0.6) is 0 Å². The second-order valence-electron chi connectivity index (χ2n) is 9.75. The summed E-state index contributed by atoms with van der Waals surface area (Å²) in [5.74, 6) is -0.998. The Morgan fingerprint density at radius 2 is 1.84 bits per heavy atom. The smallest absolute Gasteiger partial charge is 0.396 e. The highest BCUT2D eigenvalue weighted by Gasteiger charge is 2.42. The zero-order valence-electron chi connectivity index (χ0n) is 20.2. The molecule has 0 amide bonds. The minimum absolute atomic E-state index is 0.0612. The van der Waals surface area contributed by atoms with Crippen LogP contribution in [0.2, 0.25) is 0 Å². The monoisotopic (exact) mass is 552 g/mol. The minimum Gasteiger partial charge on any atom is -0.396 e. The lowest BCUT2D eigenvalue weighted by Gasteiger charge is -2.22. The number of aromatic nitrogens is 6. The number of aromatic amines is 1. The van der Waals surface area contributed by atoms with Crippen LogP contribution in [0.4, 0.5) is 11.8 Å². The van der Waals surface area contributed by atoms with Crippen LogP contribution in [0.3, 0.4) is 0 Å². The first-order chi connectivity index (χ1) is 18.0. The van der Waals surface area contributed by atoms with Crippen molar-refractivity contribution in [2.45, 2.75) is 50.0 Å². The van der Waals surface area contributed by atoms with Crippen molar-refractivity contribution in [2.75, 3.05) is 24.7 Å². The van der Waals surface area contributed by atoms with Gasteiger partial charge in [-0.15, -0.1) is 0 Å². The normalized spacial score (nSPS) is 29.1. The molecule has 3 aromatic rings. The van der Waals surface area contributed by atoms with E-state index in [1.54, 1.807) is 4.57 Å². The van der Waals surface area contributed by atoms with Crippen LogP contribution in [0.1, 0.15) is 37.8 Å². The van der Waals surface area contributed by atoms with Gasteiger partial charge in [0.15, 0.2) is 11.2 Å². The highest BCUT2D eigenvalue weighted by molar-refractivity contribution is 7.47. The number of nitrogens with zero attached hydrogens (tertiary/aromatic N) is 5. The first-order valence-electron chi connectivity index (χ1n) is 12.1. The lowest BCUT2D eigenvalue weighted by molar-refractivity contribution is 0.0428. The summed E-state index contributed by atoms with van der Waals surface area (Å²) in [4.78, 5) is 49.0. The summed E-state index contributed by atoms with van der Waals surface area (Å²) in [5.41, 5.74) is 10.6. The fraction of sp³-hybridized carbons (Fsp3) is 0.571. The zero-order valence-corrected chi connectivity index (χ0v) is 21.1. The van der Waals surface area contributed by atoms with Crippen LogP contribution in [-0.4, -0.2) is 69.6 Å². The van der Waals surface area contributed by atoms with E-state index in [1.165, 1.54) is 23.2 Å². The second kappa shape index (κ2) is 10.2. The minimum atomic E-state index is -4.58. The summed E-state index contributed by atoms with van der Waals surface area (Å²) in [6, 6.07) is 0.770. The molecule has 17 heteroatoms. The molecule has 1 unspecified atom stereocenters. The molecular weight excluding hydrogens is 523 g/mol. The second-order valence-corrected chi connectivity index (χ2v) is 11.2. The average Bonchev–Trinajstić information content (AvgIpc) is 3.54. The number of nitrogens with one attached hydrogen (secondary N) is 1. The molecule has 8 N–H and O–H groups in total. The van der Waals surface area contributed by atoms with Crippen LogP contribution in [0, 0.1) is 11.8 Å². The van der Waals surface area contributed by atoms with Crippen LogP contribution < -0.4 is 22.7 Å². The summed E-state index contributed by atoms with van der Waals surface area (Å²) in [7, 11) is -4.58. The van der Waals surface area contributed by atoms with Crippen molar-refractivity contribution >= 4 is 30.8 Å². The number of phosphoric acid groups is 1. The van der Waals surface area contributed by atoms with E-state index in [0.29, 0.717) is 12.8 Å². The molecule has 0 bridgehead atoms. The molecule has 0 spiro atoms. The van der Waals surface area contributed by atoms with Gasteiger partial charge in [-0.05, 0) is 31.7 Å². The third kappa shape index (κ3) is 5.23. The van der Waals surface area contributed by atoms with Gasteiger partial charge in [0.25, 0.3) is 5.56 Å². The summed E-state index contributed by atoms with van der Waals surface area (Å²) < 4.78 is 26.4. The number of phosphoric ester groups is 1. The van der Waals surface area contributed by atoms with E-state index < -0.39 is 49.2 Å². The van der Waals surface area contributed by atoms with Gasteiger partial charge >= 0.3 is 13.5 Å². The van der Waals surface area contributed by atoms with Crippen molar-refractivity contribution in [1.29, 1.82) is 0 Å². The molecule has 2 fully saturated rings. The number of H-pyrrole nitrogens is 1. The summed E-state index contributed by atoms with van der Waals surface area (Å²) in [6.45, 7) is -0.586.